The molecule has 0 aliphatic rings. The molecule has 0 amide bonds. The number of hydrogen-bond acceptors (Lipinski definition) is 2. The van der Waals surface area contributed by atoms with Crippen molar-refractivity contribution in [2.75, 3.05) is 11.9 Å². The zero-order chi connectivity index (χ0) is 14.7. The first-order chi connectivity index (χ1) is 9.52. The lowest BCUT2D eigenvalue weighted by Crippen LogP contribution is -2.11. The smallest absolute Gasteiger partial charge is 0.0419 e. The number of benzene rings is 2. The van der Waals surface area contributed by atoms with Gasteiger partial charge in [-0.2, -0.15) is 0 Å². The molecule has 0 fully saturated rings. The lowest BCUT2D eigenvalue weighted by atomic mass is 10.1. The first-order valence-corrected chi connectivity index (χ1v) is 7.70. The van der Waals surface area contributed by atoms with Crippen LogP contribution in [-0.2, 0) is 6.42 Å². The Balaban J connectivity index is 2.28. The molecule has 2 nitrogen and oxygen atoms in total. The van der Waals surface area contributed by atoms with E-state index in [-0.39, 0.29) is 6.04 Å². The molecule has 2 rings (SSSR count). The Bertz CT molecular complexity index is 576. The van der Waals surface area contributed by atoms with E-state index in [1.165, 1.54) is 11.3 Å². The quantitative estimate of drug-likeness (QED) is 0.871. The van der Waals surface area contributed by atoms with Crippen LogP contribution in [0.2, 0.25) is 0 Å². The predicted octanol–water partition coefficient (Wildman–Crippen LogP) is 4.80. The second-order valence-electron chi connectivity index (χ2n) is 5.07. The molecule has 1 atom stereocenters. The number of halogens is 1. The van der Waals surface area contributed by atoms with Gasteiger partial charge in [0.15, 0.2) is 0 Å². The summed E-state index contributed by atoms with van der Waals surface area (Å²) in [6.07, 6.45) is 1.07. The van der Waals surface area contributed by atoms with Crippen LogP contribution in [0.4, 0.5) is 11.4 Å². The summed E-state index contributed by atoms with van der Waals surface area (Å²) in [5.74, 6) is 0. The summed E-state index contributed by atoms with van der Waals surface area (Å²) >= 11 is 3.60. The predicted molar refractivity (Wildman–Crippen MR) is 90.6 cm³/mol. The average Bonchev–Trinajstić information content (AvgIpc) is 2.46. The zero-order valence-corrected chi connectivity index (χ0v) is 13.8. The highest BCUT2D eigenvalue weighted by Gasteiger charge is 2.09. The largest absolute Gasteiger partial charge is 0.345 e. The molecule has 2 aromatic carbocycles. The summed E-state index contributed by atoms with van der Waals surface area (Å²) in [5.41, 5.74) is 10.8. The second kappa shape index (κ2) is 6.42. The van der Waals surface area contributed by atoms with Gasteiger partial charge in [-0.3, -0.25) is 0 Å². The molecule has 2 aromatic rings. The Morgan fingerprint density at radius 1 is 1.10 bits per heavy atom. The third-order valence-corrected chi connectivity index (χ3v) is 4.28. The maximum atomic E-state index is 5.94. The normalized spacial score (nSPS) is 12.2. The Morgan fingerprint density at radius 3 is 2.20 bits per heavy atom. The molecular formula is C17H21BrN2. The molecule has 0 saturated carbocycles. The SMILES string of the molecule is CCc1ccc(N(C)c2ccc([C@H](C)N)c(Br)c2)cc1. The topological polar surface area (TPSA) is 29.3 Å². The van der Waals surface area contributed by atoms with Crippen LogP contribution in [-0.4, -0.2) is 7.05 Å². The third kappa shape index (κ3) is 3.22. The number of anilines is 2. The standard InChI is InChI=1S/C17H21BrN2/c1-4-13-5-7-14(8-6-13)20(3)15-9-10-16(12(2)19)17(18)11-15/h5-12H,4,19H2,1-3H3/t12-/m0/s1. The monoisotopic (exact) mass is 332 g/mol. The summed E-state index contributed by atoms with van der Waals surface area (Å²) < 4.78 is 1.06. The van der Waals surface area contributed by atoms with Gasteiger partial charge in [-0.15, -0.1) is 0 Å². The van der Waals surface area contributed by atoms with Crippen LogP contribution in [0, 0.1) is 0 Å². The number of nitrogens with zero attached hydrogens (tertiary/aromatic N) is 1. The summed E-state index contributed by atoms with van der Waals surface area (Å²) in [6, 6.07) is 15.0. The minimum absolute atomic E-state index is 0.0348. The van der Waals surface area contributed by atoms with Gasteiger partial charge in [-0.05, 0) is 48.7 Å². The highest BCUT2D eigenvalue weighted by Crippen LogP contribution is 2.30. The molecule has 106 valence electrons. The molecule has 0 radical (unpaired) electrons. The first-order valence-electron chi connectivity index (χ1n) is 6.90. The summed E-state index contributed by atoms with van der Waals surface area (Å²) in [6.45, 7) is 4.16. The van der Waals surface area contributed by atoms with Gasteiger partial charge in [0.25, 0.3) is 0 Å². The van der Waals surface area contributed by atoms with E-state index in [9.17, 15) is 0 Å². The van der Waals surface area contributed by atoms with Gasteiger partial charge in [-0.25, -0.2) is 0 Å². The Kier molecular flexibility index (Phi) is 4.84. The van der Waals surface area contributed by atoms with E-state index < -0.39 is 0 Å². The van der Waals surface area contributed by atoms with Crippen molar-refractivity contribution in [1.82, 2.24) is 0 Å². The number of aryl methyl sites for hydroxylation is 1. The van der Waals surface area contributed by atoms with Crippen LogP contribution >= 0.6 is 15.9 Å². The highest BCUT2D eigenvalue weighted by molar-refractivity contribution is 9.10. The number of nitrogens with two attached hydrogens (primary N) is 1. The van der Waals surface area contributed by atoms with Gasteiger partial charge >= 0.3 is 0 Å². The van der Waals surface area contributed by atoms with Gasteiger partial charge < -0.3 is 10.6 Å². The Morgan fingerprint density at radius 2 is 1.70 bits per heavy atom. The lowest BCUT2D eigenvalue weighted by molar-refractivity contribution is 0.813. The fourth-order valence-electron chi connectivity index (χ4n) is 2.20. The molecule has 0 saturated heterocycles. The summed E-state index contributed by atoms with van der Waals surface area (Å²) in [7, 11) is 2.08. The Hall–Kier alpha value is -1.32. The van der Waals surface area contributed by atoms with Crippen LogP contribution in [0.3, 0.4) is 0 Å². The van der Waals surface area contributed by atoms with Gasteiger partial charge in [0, 0.05) is 28.9 Å². The van der Waals surface area contributed by atoms with Gasteiger partial charge in [0.05, 0.1) is 0 Å². The molecular weight excluding hydrogens is 312 g/mol. The Labute approximate surface area is 129 Å². The molecule has 0 unspecified atom stereocenters. The number of hydrogen-bond donors (Lipinski definition) is 1. The summed E-state index contributed by atoms with van der Waals surface area (Å²) in [4.78, 5) is 2.18. The second-order valence-corrected chi connectivity index (χ2v) is 5.93. The van der Waals surface area contributed by atoms with E-state index in [2.05, 4.69) is 77.3 Å². The molecule has 20 heavy (non-hydrogen) atoms. The molecule has 0 spiro atoms. The van der Waals surface area contributed by atoms with Crippen molar-refractivity contribution in [2.45, 2.75) is 26.3 Å². The van der Waals surface area contributed by atoms with Crippen LogP contribution < -0.4 is 10.6 Å². The van der Waals surface area contributed by atoms with E-state index in [1.54, 1.807) is 0 Å². The minimum atomic E-state index is 0.0348. The molecule has 0 aliphatic heterocycles. The van der Waals surface area contributed by atoms with E-state index in [4.69, 9.17) is 5.73 Å². The van der Waals surface area contributed by atoms with Crippen molar-refractivity contribution in [2.24, 2.45) is 5.73 Å². The lowest BCUT2D eigenvalue weighted by Gasteiger charge is -2.21. The molecule has 2 N–H and O–H groups in total. The summed E-state index contributed by atoms with van der Waals surface area (Å²) in [5, 5.41) is 0. The van der Waals surface area contributed by atoms with Crippen molar-refractivity contribution in [1.29, 1.82) is 0 Å². The third-order valence-electron chi connectivity index (χ3n) is 3.59. The van der Waals surface area contributed by atoms with Crippen LogP contribution in [0.5, 0.6) is 0 Å². The van der Waals surface area contributed by atoms with E-state index in [0.29, 0.717) is 0 Å². The van der Waals surface area contributed by atoms with Crippen molar-refractivity contribution in [3.63, 3.8) is 0 Å². The molecule has 0 aliphatic carbocycles. The maximum Gasteiger partial charge on any atom is 0.0419 e. The van der Waals surface area contributed by atoms with Crippen LogP contribution in [0.1, 0.15) is 31.0 Å². The van der Waals surface area contributed by atoms with E-state index in [0.717, 1.165) is 22.1 Å². The molecule has 0 aromatic heterocycles. The molecule has 3 heteroatoms. The molecule has 0 bridgehead atoms. The highest BCUT2D eigenvalue weighted by atomic mass is 79.9. The minimum Gasteiger partial charge on any atom is -0.345 e. The van der Waals surface area contributed by atoms with Crippen molar-refractivity contribution >= 4 is 27.3 Å². The van der Waals surface area contributed by atoms with Gasteiger partial charge in [0.2, 0.25) is 0 Å². The first kappa shape index (κ1) is 15.1. The van der Waals surface area contributed by atoms with E-state index in [1.807, 2.05) is 6.92 Å². The van der Waals surface area contributed by atoms with Crippen molar-refractivity contribution in [3.8, 4) is 0 Å². The van der Waals surface area contributed by atoms with Crippen molar-refractivity contribution < 1.29 is 0 Å². The van der Waals surface area contributed by atoms with Gasteiger partial charge in [0.1, 0.15) is 0 Å². The van der Waals surface area contributed by atoms with Crippen LogP contribution in [0.15, 0.2) is 46.9 Å². The molecule has 0 heterocycles. The van der Waals surface area contributed by atoms with Gasteiger partial charge in [-0.1, -0.05) is 41.1 Å². The fourth-order valence-corrected chi connectivity index (χ4v) is 2.93. The zero-order valence-electron chi connectivity index (χ0n) is 12.2. The fraction of sp³-hybridized carbons (Fsp3) is 0.294. The average molecular weight is 333 g/mol. The number of rotatable bonds is 4. The van der Waals surface area contributed by atoms with Crippen LogP contribution in [0.25, 0.3) is 0 Å². The maximum absolute atomic E-state index is 5.94. The van der Waals surface area contributed by atoms with E-state index >= 15 is 0 Å². The van der Waals surface area contributed by atoms with Crippen molar-refractivity contribution in [3.05, 3.63) is 58.1 Å².